The monoisotopic (exact) mass is 501 g/mol. The Bertz CT molecular complexity index is 1130. The Hall–Kier alpha value is -2.97. The average Bonchev–Trinajstić information content (AvgIpc) is 3.16. The molecule has 0 saturated carbocycles. The topological polar surface area (TPSA) is 91.3 Å². The van der Waals surface area contributed by atoms with Gasteiger partial charge in [0.1, 0.15) is 17.1 Å². The summed E-state index contributed by atoms with van der Waals surface area (Å²) >= 11 is 6.45. The van der Waals surface area contributed by atoms with Crippen molar-refractivity contribution in [2.45, 2.75) is 44.7 Å². The minimum atomic E-state index is -1.07. The molecule has 0 aromatic heterocycles. The van der Waals surface area contributed by atoms with Gasteiger partial charge >= 0.3 is 12.0 Å². The van der Waals surface area contributed by atoms with E-state index in [1.54, 1.807) is 24.1 Å². The lowest BCUT2D eigenvalue weighted by Gasteiger charge is -2.39. The van der Waals surface area contributed by atoms with Crippen LogP contribution in [0, 0.1) is 0 Å². The quantitative estimate of drug-likeness (QED) is 0.569. The second-order valence-electron chi connectivity index (χ2n) is 9.60. The first kappa shape index (κ1) is 25.1. The number of nitrogens with one attached hydrogen (secondary N) is 1. The zero-order valence-corrected chi connectivity index (χ0v) is 21.3. The number of carbonyl (C=O) groups is 2. The maximum Gasteiger partial charge on any atom is 0.339 e. The number of hydrogen-bond donors (Lipinski definition) is 2. The van der Waals surface area contributed by atoms with Crippen LogP contribution in [0.25, 0.3) is 0 Å². The number of likely N-dealkylation sites (tertiary alicyclic amines) is 1. The molecule has 188 valence electrons. The molecule has 9 heteroatoms. The van der Waals surface area contributed by atoms with Crippen LogP contribution in [0.1, 0.15) is 54.1 Å². The van der Waals surface area contributed by atoms with Gasteiger partial charge in [0.25, 0.3) is 0 Å². The maximum absolute atomic E-state index is 12.9. The largest absolute Gasteiger partial charge is 0.496 e. The van der Waals surface area contributed by atoms with E-state index in [4.69, 9.17) is 21.1 Å². The number of ether oxygens (including phenoxy) is 2. The Labute approximate surface area is 210 Å². The van der Waals surface area contributed by atoms with E-state index in [1.165, 1.54) is 13.2 Å². The number of nitrogens with zero attached hydrogens (tertiary/aromatic N) is 2. The van der Waals surface area contributed by atoms with Gasteiger partial charge in [-0.3, -0.25) is 9.80 Å². The fraction of sp³-hybridized carbons (Fsp3) is 0.462. The Balaban J connectivity index is 1.45. The molecule has 8 nitrogen and oxygen atoms in total. The van der Waals surface area contributed by atoms with Crippen LogP contribution in [0.2, 0.25) is 5.02 Å². The lowest BCUT2D eigenvalue weighted by Crippen LogP contribution is -2.52. The molecule has 2 aromatic rings. The van der Waals surface area contributed by atoms with Gasteiger partial charge in [-0.05, 0) is 48.6 Å². The molecule has 2 aliphatic rings. The van der Waals surface area contributed by atoms with E-state index in [9.17, 15) is 14.7 Å². The number of carboxylic acid groups (broad SMARTS) is 1. The van der Waals surface area contributed by atoms with Gasteiger partial charge in [-0.2, -0.15) is 0 Å². The number of carbonyl (C=O) groups excluding carboxylic acids is 1. The smallest absolute Gasteiger partial charge is 0.339 e. The van der Waals surface area contributed by atoms with Crippen LogP contribution in [0.4, 0.5) is 10.5 Å². The highest BCUT2D eigenvalue weighted by molar-refractivity contribution is 6.31. The first-order chi connectivity index (χ1) is 16.7. The van der Waals surface area contributed by atoms with Crippen molar-refractivity contribution >= 4 is 29.3 Å². The predicted molar refractivity (Wildman–Crippen MR) is 135 cm³/mol. The van der Waals surface area contributed by atoms with Gasteiger partial charge in [0.15, 0.2) is 0 Å². The van der Waals surface area contributed by atoms with Crippen molar-refractivity contribution < 1.29 is 24.2 Å². The van der Waals surface area contributed by atoms with Crippen molar-refractivity contribution in [3.05, 3.63) is 52.0 Å². The van der Waals surface area contributed by atoms with E-state index in [0.717, 1.165) is 54.4 Å². The van der Waals surface area contributed by atoms with Crippen LogP contribution in [-0.4, -0.2) is 61.4 Å². The molecule has 2 saturated heterocycles. The van der Waals surface area contributed by atoms with Gasteiger partial charge in [0.05, 0.1) is 26.3 Å². The van der Waals surface area contributed by atoms with E-state index in [0.29, 0.717) is 18.2 Å². The minimum Gasteiger partial charge on any atom is -0.496 e. The first-order valence-corrected chi connectivity index (χ1v) is 12.1. The number of carboxylic acids is 1. The molecule has 1 spiro atoms. The summed E-state index contributed by atoms with van der Waals surface area (Å²) in [6.07, 6.45) is 1.62. The Morgan fingerprint density at radius 3 is 2.43 bits per heavy atom. The van der Waals surface area contributed by atoms with Gasteiger partial charge in [-0.1, -0.05) is 25.4 Å². The van der Waals surface area contributed by atoms with Crippen LogP contribution in [0.3, 0.4) is 0 Å². The maximum atomic E-state index is 12.9. The van der Waals surface area contributed by atoms with Crippen LogP contribution >= 0.6 is 11.6 Å². The second kappa shape index (κ2) is 9.95. The van der Waals surface area contributed by atoms with Crippen molar-refractivity contribution in [1.29, 1.82) is 0 Å². The summed E-state index contributed by atoms with van der Waals surface area (Å²) in [5.41, 5.74) is 2.59. The molecule has 0 radical (unpaired) electrons. The number of piperidine rings is 1. The number of aromatic carboxylic acids is 1. The van der Waals surface area contributed by atoms with E-state index in [1.807, 2.05) is 6.07 Å². The highest BCUT2D eigenvalue weighted by Gasteiger charge is 2.45. The molecule has 0 atom stereocenters. The summed E-state index contributed by atoms with van der Waals surface area (Å²) in [7, 11) is 3.09. The van der Waals surface area contributed by atoms with Crippen molar-refractivity contribution in [2.24, 2.45) is 0 Å². The number of rotatable bonds is 7. The SMILES string of the molecule is COc1cc(Cl)c(C(C)C)cc1CN1CCC2(CC1)CN(c1ccc(C(=O)O)c(OC)c1)C(=O)N2. The minimum absolute atomic E-state index is 0.0668. The molecular formula is C26H32ClN3O5. The number of anilines is 1. The molecule has 2 amide bonds. The van der Waals surface area contributed by atoms with E-state index < -0.39 is 5.97 Å². The number of methoxy groups -OCH3 is 2. The molecule has 2 aromatic carbocycles. The summed E-state index contributed by atoms with van der Waals surface area (Å²) in [5, 5.41) is 13.2. The van der Waals surface area contributed by atoms with Crippen molar-refractivity contribution in [2.75, 3.05) is 38.8 Å². The highest BCUT2D eigenvalue weighted by atomic mass is 35.5. The fourth-order valence-electron chi connectivity index (χ4n) is 4.98. The number of urea groups is 1. The third-order valence-electron chi connectivity index (χ3n) is 7.03. The molecule has 2 N–H and O–H groups in total. The lowest BCUT2D eigenvalue weighted by molar-refractivity contribution is 0.0693. The normalized spacial score (nSPS) is 17.7. The third-order valence-corrected chi connectivity index (χ3v) is 7.36. The van der Waals surface area contributed by atoms with Crippen LogP contribution in [0.5, 0.6) is 11.5 Å². The van der Waals surface area contributed by atoms with Gasteiger partial charge in [-0.25, -0.2) is 9.59 Å². The van der Waals surface area contributed by atoms with E-state index >= 15 is 0 Å². The molecule has 0 bridgehead atoms. The fourth-order valence-corrected chi connectivity index (χ4v) is 5.35. The van der Waals surface area contributed by atoms with Crippen molar-refractivity contribution in [3.63, 3.8) is 0 Å². The molecule has 0 aliphatic carbocycles. The number of halogens is 1. The molecule has 35 heavy (non-hydrogen) atoms. The van der Waals surface area contributed by atoms with Crippen LogP contribution in [-0.2, 0) is 6.54 Å². The zero-order valence-electron chi connectivity index (χ0n) is 20.6. The number of benzene rings is 2. The standard InChI is InChI=1S/C26H32ClN3O5/c1-16(2)20-11-17(22(34-3)13-21(20)27)14-29-9-7-26(8-10-29)15-30(25(33)28-26)18-5-6-19(24(31)32)23(12-18)35-4/h5-6,11-13,16H,7-10,14-15H2,1-4H3,(H,28,33)(H,31,32). The molecule has 2 fully saturated rings. The second-order valence-corrected chi connectivity index (χ2v) is 10.0. The first-order valence-electron chi connectivity index (χ1n) is 11.8. The predicted octanol–water partition coefficient (Wildman–Crippen LogP) is 4.74. The summed E-state index contributed by atoms with van der Waals surface area (Å²) in [6.45, 7) is 7.19. The molecular weight excluding hydrogens is 470 g/mol. The van der Waals surface area contributed by atoms with Crippen molar-refractivity contribution in [3.8, 4) is 11.5 Å². The summed E-state index contributed by atoms with van der Waals surface area (Å²) in [4.78, 5) is 28.3. The van der Waals surface area contributed by atoms with Crippen LogP contribution in [0.15, 0.2) is 30.3 Å². The Morgan fingerprint density at radius 1 is 1.14 bits per heavy atom. The van der Waals surface area contributed by atoms with E-state index in [2.05, 4.69) is 30.1 Å². The molecule has 0 unspecified atom stereocenters. The average molecular weight is 502 g/mol. The number of amides is 2. The van der Waals surface area contributed by atoms with E-state index in [-0.39, 0.29) is 22.9 Å². The Morgan fingerprint density at radius 2 is 1.83 bits per heavy atom. The van der Waals surface area contributed by atoms with Gasteiger partial charge < -0.3 is 19.9 Å². The highest BCUT2D eigenvalue weighted by Crippen LogP contribution is 2.36. The zero-order chi connectivity index (χ0) is 25.3. The van der Waals surface area contributed by atoms with Gasteiger partial charge in [-0.15, -0.1) is 0 Å². The van der Waals surface area contributed by atoms with Gasteiger partial charge in [0.2, 0.25) is 0 Å². The summed E-state index contributed by atoms with van der Waals surface area (Å²) < 4.78 is 10.8. The lowest BCUT2D eigenvalue weighted by atomic mass is 9.88. The molecule has 2 heterocycles. The number of hydrogen-bond acceptors (Lipinski definition) is 5. The Kier molecular flexibility index (Phi) is 7.15. The molecule has 4 rings (SSSR count). The summed E-state index contributed by atoms with van der Waals surface area (Å²) in [5.74, 6) is 0.274. The third kappa shape index (κ3) is 5.04. The van der Waals surface area contributed by atoms with Crippen molar-refractivity contribution in [1.82, 2.24) is 10.2 Å². The van der Waals surface area contributed by atoms with Crippen LogP contribution < -0.4 is 19.7 Å². The van der Waals surface area contributed by atoms with Gasteiger partial charge in [0, 0.05) is 42.0 Å². The summed E-state index contributed by atoms with van der Waals surface area (Å²) in [6, 6.07) is 8.60. The molecule has 2 aliphatic heterocycles.